The van der Waals surface area contributed by atoms with E-state index in [0.29, 0.717) is 0 Å². The first-order valence-electron chi connectivity index (χ1n) is 13.7. The molecule has 5 aromatic carbocycles. The maximum Gasteiger partial charge on any atom is 0.494 e. The van der Waals surface area contributed by atoms with Gasteiger partial charge in [-0.3, -0.25) is 0 Å². The van der Waals surface area contributed by atoms with Crippen LogP contribution in [-0.4, -0.2) is 18.3 Å². The van der Waals surface area contributed by atoms with Crippen molar-refractivity contribution in [3.8, 4) is 11.1 Å². The van der Waals surface area contributed by atoms with Gasteiger partial charge >= 0.3 is 7.12 Å². The van der Waals surface area contributed by atoms with Crippen LogP contribution in [0.15, 0.2) is 113 Å². The lowest BCUT2D eigenvalue weighted by molar-refractivity contribution is 0.00578. The molecule has 3 aliphatic rings. The first kappa shape index (κ1) is 23.6. The SMILES string of the molecule is CC1(C)OB(c2ccc3c(c2)Sc2c(ccc4ccccc24)C32c3ccccc3-c3ccccc32)OC1(C)C. The van der Waals surface area contributed by atoms with Crippen molar-refractivity contribution in [1.82, 2.24) is 0 Å². The Balaban J connectivity index is 1.44. The highest BCUT2D eigenvalue weighted by atomic mass is 32.2. The van der Waals surface area contributed by atoms with Gasteiger partial charge in [-0.2, -0.15) is 0 Å². The second-order valence-corrected chi connectivity index (χ2v) is 13.0. The van der Waals surface area contributed by atoms with Crippen molar-refractivity contribution in [3.05, 3.63) is 125 Å². The molecule has 0 saturated carbocycles. The van der Waals surface area contributed by atoms with Gasteiger partial charge in [-0.05, 0) is 83.4 Å². The number of benzene rings is 5. The predicted octanol–water partition coefficient (Wildman–Crippen LogP) is 7.97. The van der Waals surface area contributed by atoms with Crippen LogP contribution in [0, 0.1) is 0 Å². The van der Waals surface area contributed by atoms with E-state index in [1.54, 1.807) is 0 Å². The fourth-order valence-corrected chi connectivity index (χ4v) is 8.15. The molecular formula is C35H29BO2S. The fourth-order valence-electron chi connectivity index (χ4n) is 6.78. The summed E-state index contributed by atoms with van der Waals surface area (Å²) < 4.78 is 13.0. The summed E-state index contributed by atoms with van der Waals surface area (Å²) in [5.41, 5.74) is 7.95. The molecular weight excluding hydrogens is 495 g/mol. The Bertz CT molecular complexity index is 1760. The Hall–Kier alpha value is -3.31. The van der Waals surface area contributed by atoms with Crippen LogP contribution < -0.4 is 5.46 Å². The van der Waals surface area contributed by atoms with Crippen LogP contribution in [0.3, 0.4) is 0 Å². The van der Waals surface area contributed by atoms with E-state index in [2.05, 4.69) is 131 Å². The second-order valence-electron chi connectivity index (χ2n) is 12.0. The smallest absolute Gasteiger partial charge is 0.399 e. The van der Waals surface area contributed by atoms with Crippen LogP contribution in [-0.2, 0) is 14.7 Å². The minimum absolute atomic E-state index is 0.381. The molecule has 39 heavy (non-hydrogen) atoms. The first-order chi connectivity index (χ1) is 18.8. The molecule has 1 aliphatic carbocycles. The van der Waals surface area contributed by atoms with E-state index < -0.39 is 7.12 Å². The normalized spacial score (nSPS) is 19.0. The van der Waals surface area contributed by atoms with Crippen molar-refractivity contribution in [2.45, 2.75) is 54.1 Å². The molecule has 0 aromatic heterocycles. The quantitative estimate of drug-likeness (QED) is 0.203. The van der Waals surface area contributed by atoms with Crippen LogP contribution >= 0.6 is 11.8 Å². The van der Waals surface area contributed by atoms with Gasteiger partial charge in [0.25, 0.3) is 0 Å². The zero-order valence-corrected chi connectivity index (χ0v) is 23.4. The van der Waals surface area contributed by atoms with Crippen LogP contribution in [0.5, 0.6) is 0 Å². The lowest BCUT2D eigenvalue weighted by atomic mass is 9.66. The standard InChI is InChI=1S/C35H29BO2S/c1-33(2)34(3,4)38-36(37-33)23-18-20-29-31(21-23)39-32-24-12-6-5-11-22(24)17-19-30(32)35(29)27-15-9-7-13-25(27)26-14-8-10-16-28(26)35/h5-21H,1-4H3. The summed E-state index contributed by atoms with van der Waals surface area (Å²) in [6, 6.07) is 38.2. The molecule has 1 fully saturated rings. The predicted molar refractivity (Wildman–Crippen MR) is 161 cm³/mol. The molecule has 0 radical (unpaired) electrons. The maximum atomic E-state index is 6.48. The van der Waals surface area contributed by atoms with Gasteiger partial charge in [-0.1, -0.05) is 109 Å². The third kappa shape index (κ3) is 3.03. The van der Waals surface area contributed by atoms with Crippen molar-refractivity contribution in [3.63, 3.8) is 0 Å². The minimum atomic E-state index is -0.395. The van der Waals surface area contributed by atoms with E-state index in [-0.39, 0.29) is 16.6 Å². The summed E-state index contributed by atoms with van der Waals surface area (Å²) in [7, 11) is -0.395. The Kier molecular flexibility index (Phi) is 4.76. The number of hydrogen-bond donors (Lipinski definition) is 0. The van der Waals surface area contributed by atoms with Gasteiger partial charge in [-0.25, -0.2) is 0 Å². The lowest BCUT2D eigenvalue weighted by Gasteiger charge is -2.40. The highest BCUT2D eigenvalue weighted by Gasteiger charge is 2.53. The molecule has 190 valence electrons. The summed E-state index contributed by atoms with van der Waals surface area (Å²) in [5.74, 6) is 0. The molecule has 2 nitrogen and oxygen atoms in total. The third-order valence-corrected chi connectivity index (χ3v) is 10.6. The van der Waals surface area contributed by atoms with Gasteiger partial charge < -0.3 is 9.31 Å². The minimum Gasteiger partial charge on any atom is -0.399 e. The van der Waals surface area contributed by atoms with Gasteiger partial charge in [0.15, 0.2) is 0 Å². The van der Waals surface area contributed by atoms with Crippen molar-refractivity contribution in [2.24, 2.45) is 0 Å². The number of rotatable bonds is 1. The van der Waals surface area contributed by atoms with Gasteiger partial charge in [0.1, 0.15) is 0 Å². The lowest BCUT2D eigenvalue weighted by Crippen LogP contribution is -2.41. The van der Waals surface area contributed by atoms with Crippen molar-refractivity contribution in [2.75, 3.05) is 0 Å². The molecule has 0 amide bonds. The zero-order chi connectivity index (χ0) is 26.6. The molecule has 0 atom stereocenters. The summed E-state index contributed by atoms with van der Waals surface area (Å²) in [6.45, 7) is 8.46. The molecule has 4 heteroatoms. The molecule has 5 aromatic rings. The summed E-state index contributed by atoms with van der Waals surface area (Å²) >= 11 is 1.88. The Morgan fingerprint density at radius 1 is 0.590 bits per heavy atom. The average Bonchev–Trinajstić information content (AvgIpc) is 3.36. The monoisotopic (exact) mass is 524 g/mol. The van der Waals surface area contributed by atoms with E-state index in [0.717, 1.165) is 5.46 Å². The Labute approximate surface area is 234 Å². The van der Waals surface area contributed by atoms with E-state index in [1.165, 1.54) is 53.9 Å². The fraction of sp³-hybridized carbons (Fsp3) is 0.200. The summed E-state index contributed by atoms with van der Waals surface area (Å²) in [6.07, 6.45) is 0. The molecule has 2 aliphatic heterocycles. The third-order valence-electron chi connectivity index (χ3n) is 9.38. The highest BCUT2D eigenvalue weighted by Crippen LogP contribution is 2.62. The molecule has 0 unspecified atom stereocenters. The van der Waals surface area contributed by atoms with Crippen molar-refractivity contribution in [1.29, 1.82) is 0 Å². The Morgan fingerprint density at radius 3 is 1.87 bits per heavy atom. The first-order valence-corrected chi connectivity index (χ1v) is 14.5. The van der Waals surface area contributed by atoms with Crippen LogP contribution in [0.4, 0.5) is 0 Å². The highest BCUT2D eigenvalue weighted by molar-refractivity contribution is 7.99. The van der Waals surface area contributed by atoms with Gasteiger partial charge in [0.2, 0.25) is 0 Å². The van der Waals surface area contributed by atoms with Crippen molar-refractivity contribution < 1.29 is 9.31 Å². The van der Waals surface area contributed by atoms with Crippen LogP contribution in [0.2, 0.25) is 0 Å². The van der Waals surface area contributed by atoms with Crippen molar-refractivity contribution >= 4 is 35.1 Å². The number of fused-ring (bicyclic) bond motifs is 11. The van der Waals surface area contributed by atoms with Crippen LogP contribution in [0.1, 0.15) is 49.9 Å². The average molecular weight is 524 g/mol. The van der Waals surface area contributed by atoms with E-state index in [1.807, 2.05) is 11.8 Å². The second kappa shape index (κ2) is 7.88. The summed E-state index contributed by atoms with van der Waals surface area (Å²) in [5, 5.41) is 2.57. The molecule has 2 heterocycles. The van der Waals surface area contributed by atoms with E-state index >= 15 is 0 Å². The molecule has 1 saturated heterocycles. The van der Waals surface area contributed by atoms with E-state index in [9.17, 15) is 0 Å². The maximum absolute atomic E-state index is 6.48. The molecule has 0 bridgehead atoms. The van der Waals surface area contributed by atoms with Crippen LogP contribution in [0.25, 0.3) is 21.9 Å². The topological polar surface area (TPSA) is 18.5 Å². The summed E-state index contributed by atoms with van der Waals surface area (Å²) in [4.78, 5) is 2.59. The van der Waals surface area contributed by atoms with Gasteiger partial charge in [0, 0.05) is 9.79 Å². The molecule has 1 spiro atoms. The largest absolute Gasteiger partial charge is 0.494 e. The Morgan fingerprint density at radius 2 is 1.18 bits per heavy atom. The van der Waals surface area contributed by atoms with E-state index in [4.69, 9.17) is 9.31 Å². The van der Waals surface area contributed by atoms with Gasteiger partial charge in [-0.15, -0.1) is 0 Å². The number of hydrogen-bond acceptors (Lipinski definition) is 3. The zero-order valence-electron chi connectivity index (χ0n) is 22.6. The molecule has 0 N–H and O–H groups in total. The molecule has 8 rings (SSSR count). The van der Waals surface area contributed by atoms with Gasteiger partial charge in [0.05, 0.1) is 16.6 Å².